The molecule has 0 aliphatic rings. The molecule has 6 heteroatoms. The summed E-state index contributed by atoms with van der Waals surface area (Å²) < 4.78 is 5.44. The Hall–Kier alpha value is -1.92. The standard InChI is InChI=1S/C60H113NO5/c1-3-5-7-9-11-13-15-17-18-22-25-29-32-36-40-44-48-52-58(63)57(56-62)61-59(64)53-49-45-41-37-33-30-26-23-20-19-21-24-27-31-35-39-43-47-51-55-66-60(65)54-50-46-42-38-34-28-16-14-12-10-8-6-4-2/h14,16,24,27,31,35,57-58,62-63H,3-13,15,17-23,25-26,28-30,32-34,36-56H2,1-2H3,(H,61,64)/b16-14-,27-24-,35-31-. The van der Waals surface area contributed by atoms with Gasteiger partial charge in [-0.15, -0.1) is 0 Å². The van der Waals surface area contributed by atoms with Gasteiger partial charge in [-0.2, -0.15) is 0 Å². The zero-order chi connectivity index (χ0) is 47.9. The molecule has 0 aromatic rings. The minimum Gasteiger partial charge on any atom is -0.466 e. The molecule has 0 aliphatic heterocycles. The fourth-order valence-corrected chi connectivity index (χ4v) is 8.92. The van der Waals surface area contributed by atoms with Crippen molar-refractivity contribution in [3.63, 3.8) is 0 Å². The summed E-state index contributed by atoms with van der Waals surface area (Å²) in [5.41, 5.74) is 0. The average molecular weight is 929 g/mol. The normalized spacial score (nSPS) is 12.8. The van der Waals surface area contributed by atoms with Crippen LogP contribution in [0.4, 0.5) is 0 Å². The van der Waals surface area contributed by atoms with Gasteiger partial charge in [0.05, 0.1) is 25.4 Å². The number of unbranched alkanes of at least 4 members (excludes halogenated alkanes) is 38. The number of amides is 1. The van der Waals surface area contributed by atoms with Gasteiger partial charge in [0.25, 0.3) is 0 Å². The largest absolute Gasteiger partial charge is 0.466 e. The third-order valence-corrected chi connectivity index (χ3v) is 13.4. The zero-order valence-corrected chi connectivity index (χ0v) is 44.2. The molecule has 0 aromatic heterocycles. The smallest absolute Gasteiger partial charge is 0.305 e. The first-order valence-corrected chi connectivity index (χ1v) is 29.3. The van der Waals surface area contributed by atoms with Gasteiger partial charge >= 0.3 is 5.97 Å². The Kier molecular flexibility index (Phi) is 54.1. The molecule has 1 amide bonds. The molecule has 3 N–H and O–H groups in total. The van der Waals surface area contributed by atoms with Crippen molar-refractivity contribution in [2.24, 2.45) is 0 Å². The fourth-order valence-electron chi connectivity index (χ4n) is 8.92. The Morgan fingerprint density at radius 2 is 0.758 bits per heavy atom. The molecule has 0 saturated carbocycles. The van der Waals surface area contributed by atoms with Gasteiger partial charge in [-0.25, -0.2) is 0 Å². The monoisotopic (exact) mass is 928 g/mol. The second-order valence-corrected chi connectivity index (χ2v) is 20.0. The van der Waals surface area contributed by atoms with Crippen LogP contribution in [0.15, 0.2) is 36.5 Å². The molecule has 0 aliphatic carbocycles. The van der Waals surface area contributed by atoms with E-state index < -0.39 is 12.1 Å². The minimum atomic E-state index is -0.672. The van der Waals surface area contributed by atoms with Gasteiger partial charge in [-0.3, -0.25) is 9.59 Å². The summed E-state index contributed by atoms with van der Waals surface area (Å²) in [7, 11) is 0. The van der Waals surface area contributed by atoms with E-state index in [1.54, 1.807) is 0 Å². The number of nitrogens with one attached hydrogen (secondary N) is 1. The molecule has 0 radical (unpaired) electrons. The maximum absolute atomic E-state index is 12.5. The highest BCUT2D eigenvalue weighted by atomic mass is 16.5. The number of ether oxygens (including phenoxy) is 1. The molecule has 2 unspecified atom stereocenters. The third kappa shape index (κ3) is 51.5. The molecule has 0 spiro atoms. The van der Waals surface area contributed by atoms with Gasteiger partial charge in [-0.05, 0) is 83.5 Å². The van der Waals surface area contributed by atoms with Crippen molar-refractivity contribution < 1.29 is 24.5 Å². The Balaban J connectivity index is 3.49. The Morgan fingerprint density at radius 3 is 1.18 bits per heavy atom. The number of carbonyl (C=O) groups is 2. The number of allylic oxidation sites excluding steroid dienone is 6. The lowest BCUT2D eigenvalue weighted by molar-refractivity contribution is -0.143. The van der Waals surface area contributed by atoms with Crippen molar-refractivity contribution in [2.45, 2.75) is 321 Å². The lowest BCUT2D eigenvalue weighted by Crippen LogP contribution is -2.45. The lowest BCUT2D eigenvalue weighted by Gasteiger charge is -2.22. The van der Waals surface area contributed by atoms with Gasteiger partial charge in [0.1, 0.15) is 0 Å². The number of rotatable bonds is 54. The first kappa shape index (κ1) is 64.1. The Morgan fingerprint density at radius 1 is 0.424 bits per heavy atom. The van der Waals surface area contributed by atoms with Gasteiger partial charge in [-0.1, -0.05) is 249 Å². The molecule has 0 bridgehead atoms. The summed E-state index contributed by atoms with van der Waals surface area (Å²) in [4.78, 5) is 24.5. The van der Waals surface area contributed by atoms with Crippen molar-refractivity contribution in [2.75, 3.05) is 13.2 Å². The molecular formula is C60H113NO5. The predicted molar refractivity (Wildman–Crippen MR) is 287 cm³/mol. The van der Waals surface area contributed by atoms with Crippen molar-refractivity contribution in [1.29, 1.82) is 0 Å². The molecule has 0 heterocycles. The van der Waals surface area contributed by atoms with Gasteiger partial charge in [0.2, 0.25) is 5.91 Å². The molecule has 0 fully saturated rings. The second-order valence-electron chi connectivity index (χ2n) is 20.0. The van der Waals surface area contributed by atoms with E-state index in [0.717, 1.165) is 70.6 Å². The van der Waals surface area contributed by atoms with E-state index >= 15 is 0 Å². The maximum atomic E-state index is 12.5. The first-order valence-electron chi connectivity index (χ1n) is 29.3. The van der Waals surface area contributed by atoms with E-state index in [-0.39, 0.29) is 18.5 Å². The lowest BCUT2D eigenvalue weighted by atomic mass is 10.0. The number of hydrogen-bond acceptors (Lipinski definition) is 5. The van der Waals surface area contributed by atoms with Crippen LogP contribution in [-0.2, 0) is 14.3 Å². The predicted octanol–water partition coefficient (Wildman–Crippen LogP) is 18.0. The second kappa shape index (κ2) is 55.7. The highest BCUT2D eigenvalue weighted by Crippen LogP contribution is 2.17. The molecular weight excluding hydrogens is 815 g/mol. The minimum absolute atomic E-state index is 0.0226. The molecule has 2 atom stereocenters. The number of carbonyl (C=O) groups excluding carboxylic acids is 2. The topological polar surface area (TPSA) is 95.9 Å². The van der Waals surface area contributed by atoms with Crippen LogP contribution in [0.25, 0.3) is 0 Å². The highest BCUT2D eigenvalue weighted by Gasteiger charge is 2.20. The van der Waals surface area contributed by atoms with E-state index in [9.17, 15) is 19.8 Å². The summed E-state index contributed by atoms with van der Waals surface area (Å²) in [5, 5.41) is 23.3. The summed E-state index contributed by atoms with van der Waals surface area (Å²) in [6.07, 6.45) is 68.5. The molecule has 0 rings (SSSR count). The number of esters is 1. The van der Waals surface area contributed by atoms with Crippen LogP contribution in [0.1, 0.15) is 309 Å². The van der Waals surface area contributed by atoms with Crippen LogP contribution in [0.3, 0.4) is 0 Å². The quantitative estimate of drug-likeness (QED) is 0.0244. The first-order chi connectivity index (χ1) is 32.5. The maximum Gasteiger partial charge on any atom is 0.305 e. The Labute approximate surface area is 411 Å². The van der Waals surface area contributed by atoms with Crippen LogP contribution in [0.5, 0.6) is 0 Å². The van der Waals surface area contributed by atoms with Gasteiger partial charge in [0, 0.05) is 12.8 Å². The highest BCUT2D eigenvalue weighted by molar-refractivity contribution is 5.76. The van der Waals surface area contributed by atoms with Crippen LogP contribution in [-0.4, -0.2) is 47.4 Å². The van der Waals surface area contributed by atoms with Crippen LogP contribution in [0, 0.1) is 0 Å². The average Bonchev–Trinajstić information content (AvgIpc) is 3.32. The van der Waals surface area contributed by atoms with E-state index in [1.165, 1.54) is 205 Å². The third-order valence-electron chi connectivity index (χ3n) is 13.4. The van der Waals surface area contributed by atoms with E-state index in [0.29, 0.717) is 25.9 Å². The van der Waals surface area contributed by atoms with E-state index in [2.05, 4.69) is 55.6 Å². The van der Waals surface area contributed by atoms with Gasteiger partial charge < -0.3 is 20.3 Å². The summed E-state index contributed by atoms with van der Waals surface area (Å²) >= 11 is 0. The van der Waals surface area contributed by atoms with Crippen molar-refractivity contribution in [3.8, 4) is 0 Å². The summed E-state index contributed by atoms with van der Waals surface area (Å²) in [5.74, 6) is -0.0662. The van der Waals surface area contributed by atoms with Crippen molar-refractivity contribution in [3.05, 3.63) is 36.5 Å². The van der Waals surface area contributed by atoms with Crippen molar-refractivity contribution in [1.82, 2.24) is 5.32 Å². The van der Waals surface area contributed by atoms with Crippen molar-refractivity contribution >= 4 is 11.9 Å². The van der Waals surface area contributed by atoms with Crippen LogP contribution < -0.4 is 5.32 Å². The Bertz CT molecular complexity index is 1070. The number of aliphatic hydroxyl groups is 2. The molecule has 6 nitrogen and oxygen atoms in total. The van der Waals surface area contributed by atoms with Crippen LogP contribution >= 0.6 is 0 Å². The number of aliphatic hydroxyl groups excluding tert-OH is 2. The molecule has 66 heavy (non-hydrogen) atoms. The van der Waals surface area contributed by atoms with E-state index in [1.807, 2.05) is 0 Å². The summed E-state index contributed by atoms with van der Waals surface area (Å²) in [6, 6.07) is -0.550. The van der Waals surface area contributed by atoms with E-state index in [4.69, 9.17) is 4.74 Å². The molecule has 388 valence electrons. The SMILES string of the molecule is CCCCCC/C=C\CCCCCCCC(=O)OCCCCC/C=C\C=C/CCCCCCCCCCCCC(=O)NC(CO)C(O)CCCCCCCCCCCCCCCCCCC. The molecule has 0 saturated heterocycles. The van der Waals surface area contributed by atoms with Crippen LogP contribution in [0.2, 0.25) is 0 Å². The summed E-state index contributed by atoms with van der Waals surface area (Å²) in [6.45, 7) is 4.90. The molecule has 0 aromatic carbocycles. The fraction of sp³-hybridized carbons (Fsp3) is 0.867. The zero-order valence-electron chi connectivity index (χ0n) is 44.2. The van der Waals surface area contributed by atoms with Gasteiger partial charge in [0.15, 0.2) is 0 Å². The number of hydrogen-bond donors (Lipinski definition) is 3.